The Hall–Kier alpha value is -2.89. The van der Waals surface area contributed by atoms with Crippen LogP contribution >= 0.6 is 0 Å². The molecule has 2 heterocycles. The Labute approximate surface area is 177 Å². The van der Waals surface area contributed by atoms with Crippen LogP contribution in [0.3, 0.4) is 0 Å². The van der Waals surface area contributed by atoms with E-state index >= 15 is 0 Å². The van der Waals surface area contributed by atoms with Crippen molar-refractivity contribution in [1.29, 1.82) is 0 Å². The second kappa shape index (κ2) is 7.74. The van der Waals surface area contributed by atoms with Crippen LogP contribution in [0.2, 0.25) is 0 Å². The number of amides is 1. The zero-order valence-electron chi connectivity index (χ0n) is 17.9. The smallest absolute Gasteiger partial charge is 0.410 e. The number of ether oxygens (including phenoxy) is 1. The number of H-pyrrole nitrogens is 1. The van der Waals surface area contributed by atoms with Gasteiger partial charge in [-0.1, -0.05) is 24.3 Å². The molecule has 1 N–H and O–H groups in total. The summed E-state index contributed by atoms with van der Waals surface area (Å²) in [6.45, 7) is 6.75. The number of aromatic amines is 1. The van der Waals surface area contributed by atoms with Crippen molar-refractivity contribution in [3.05, 3.63) is 47.9 Å². The van der Waals surface area contributed by atoms with Gasteiger partial charge in [-0.05, 0) is 63.7 Å². The highest BCUT2D eigenvalue weighted by molar-refractivity contribution is 6.06. The molecule has 6 nitrogen and oxygen atoms in total. The van der Waals surface area contributed by atoms with Gasteiger partial charge in [0.25, 0.3) is 0 Å². The van der Waals surface area contributed by atoms with Crippen molar-refractivity contribution in [2.45, 2.75) is 52.1 Å². The number of rotatable bonds is 2. The molecule has 2 fully saturated rings. The van der Waals surface area contributed by atoms with Crippen LogP contribution in [-0.2, 0) is 9.53 Å². The van der Waals surface area contributed by atoms with E-state index in [1.54, 1.807) is 17.4 Å². The Balaban J connectivity index is 1.49. The molecule has 1 amide bonds. The summed E-state index contributed by atoms with van der Waals surface area (Å²) in [5.41, 5.74) is 3.03. The number of likely N-dealkylation sites (tertiary alicyclic amines) is 1. The molecule has 30 heavy (non-hydrogen) atoms. The van der Waals surface area contributed by atoms with Crippen molar-refractivity contribution in [2.75, 3.05) is 13.1 Å². The summed E-state index contributed by atoms with van der Waals surface area (Å²) in [5.74, 6) is 0.241. The van der Waals surface area contributed by atoms with Crippen LogP contribution in [0.4, 0.5) is 4.79 Å². The van der Waals surface area contributed by atoms with Gasteiger partial charge in [0.15, 0.2) is 5.78 Å². The standard InChI is InChI=1S/C24H29N3O3/c1-23(2,3)30-22(29)27-12-10-24(11-13-27)9-8-18(21(24)28)14-17-6-4-5-7-19(17)20-15-25-16-26-20/h4-7,14-16H,8-13H2,1-3H3,(H,25,26)/b18-14+. The van der Waals surface area contributed by atoms with Gasteiger partial charge in [-0.2, -0.15) is 0 Å². The molecule has 0 bridgehead atoms. The molecule has 1 aliphatic heterocycles. The summed E-state index contributed by atoms with van der Waals surface area (Å²) in [6, 6.07) is 8.05. The number of hydrogen-bond acceptors (Lipinski definition) is 4. The molecule has 1 saturated carbocycles. The molecule has 0 unspecified atom stereocenters. The van der Waals surface area contributed by atoms with Crippen molar-refractivity contribution >= 4 is 18.0 Å². The first-order valence-electron chi connectivity index (χ1n) is 10.6. The lowest BCUT2D eigenvalue weighted by atomic mass is 9.76. The quantitative estimate of drug-likeness (QED) is 0.723. The zero-order valence-corrected chi connectivity index (χ0v) is 17.9. The third-order valence-corrected chi connectivity index (χ3v) is 6.10. The maximum Gasteiger partial charge on any atom is 0.410 e. The van der Waals surface area contributed by atoms with Crippen LogP contribution < -0.4 is 0 Å². The van der Waals surface area contributed by atoms with Gasteiger partial charge in [-0.25, -0.2) is 9.78 Å². The van der Waals surface area contributed by atoms with E-state index in [4.69, 9.17) is 4.74 Å². The first-order valence-corrected chi connectivity index (χ1v) is 10.6. The monoisotopic (exact) mass is 407 g/mol. The van der Waals surface area contributed by atoms with Crippen LogP contribution in [0, 0.1) is 5.41 Å². The number of allylic oxidation sites excluding steroid dienone is 1. The van der Waals surface area contributed by atoms with Crippen LogP contribution in [0.1, 0.15) is 52.0 Å². The summed E-state index contributed by atoms with van der Waals surface area (Å²) >= 11 is 0. The topological polar surface area (TPSA) is 75.3 Å². The second-order valence-corrected chi connectivity index (χ2v) is 9.30. The summed E-state index contributed by atoms with van der Waals surface area (Å²) < 4.78 is 5.49. The second-order valence-electron chi connectivity index (χ2n) is 9.30. The molecule has 4 rings (SSSR count). The van der Waals surface area contributed by atoms with Crippen molar-refractivity contribution in [3.63, 3.8) is 0 Å². The lowest BCUT2D eigenvalue weighted by Gasteiger charge is -2.38. The largest absolute Gasteiger partial charge is 0.444 e. The van der Waals surface area contributed by atoms with E-state index in [2.05, 4.69) is 9.97 Å². The number of hydrogen-bond donors (Lipinski definition) is 1. The SMILES string of the molecule is CC(C)(C)OC(=O)N1CCC2(CC/C(=C\c3ccccc3-c3cnc[nH]3)C2=O)CC1. The van der Waals surface area contributed by atoms with Gasteiger partial charge in [0.2, 0.25) is 0 Å². The molecular formula is C24H29N3O3. The highest BCUT2D eigenvalue weighted by Gasteiger charge is 2.47. The number of Topliss-reactive ketones (excluding diaryl/α,β-unsaturated/α-hetero) is 1. The summed E-state index contributed by atoms with van der Waals surface area (Å²) in [5, 5.41) is 0. The Morgan fingerprint density at radius 2 is 1.93 bits per heavy atom. The molecule has 158 valence electrons. The Morgan fingerprint density at radius 1 is 1.20 bits per heavy atom. The van der Waals surface area contributed by atoms with Crippen LogP contribution in [0.25, 0.3) is 17.3 Å². The number of carbonyl (C=O) groups is 2. The minimum Gasteiger partial charge on any atom is -0.444 e. The minimum atomic E-state index is -0.507. The number of imidazole rings is 1. The fourth-order valence-electron chi connectivity index (χ4n) is 4.46. The Morgan fingerprint density at radius 3 is 2.60 bits per heavy atom. The van der Waals surface area contributed by atoms with Crippen LogP contribution in [-0.4, -0.2) is 45.4 Å². The van der Waals surface area contributed by atoms with Gasteiger partial charge in [0.05, 0.1) is 18.2 Å². The highest BCUT2D eigenvalue weighted by atomic mass is 16.6. The van der Waals surface area contributed by atoms with Crippen LogP contribution in [0.15, 0.2) is 42.4 Å². The van der Waals surface area contributed by atoms with E-state index in [0.717, 1.165) is 35.2 Å². The number of aromatic nitrogens is 2. The predicted molar refractivity (Wildman–Crippen MR) is 116 cm³/mol. The van der Waals surface area contributed by atoms with Crippen LogP contribution in [0.5, 0.6) is 0 Å². The van der Waals surface area contributed by atoms with Crippen molar-refractivity contribution in [3.8, 4) is 11.3 Å². The van der Waals surface area contributed by atoms with Gasteiger partial charge >= 0.3 is 6.09 Å². The molecule has 1 aliphatic carbocycles. The first kappa shape index (κ1) is 20.4. The Bertz CT molecular complexity index is 962. The van der Waals surface area contributed by atoms with E-state index in [1.807, 2.05) is 51.1 Å². The molecule has 1 aromatic heterocycles. The molecule has 2 aliphatic rings. The molecule has 1 saturated heterocycles. The number of piperidine rings is 1. The van der Waals surface area contributed by atoms with Gasteiger partial charge in [-0.15, -0.1) is 0 Å². The molecule has 0 atom stereocenters. The third kappa shape index (κ3) is 4.04. The maximum atomic E-state index is 13.4. The lowest BCUT2D eigenvalue weighted by Crippen LogP contribution is -2.46. The number of benzene rings is 1. The van der Waals surface area contributed by atoms with Gasteiger partial charge in [0.1, 0.15) is 5.60 Å². The van der Waals surface area contributed by atoms with E-state index in [9.17, 15) is 9.59 Å². The van der Waals surface area contributed by atoms with Crippen molar-refractivity contribution < 1.29 is 14.3 Å². The average Bonchev–Trinajstić information content (AvgIpc) is 3.33. The van der Waals surface area contributed by atoms with E-state index in [-0.39, 0.29) is 17.3 Å². The normalized spacial score (nSPS) is 20.2. The number of nitrogens with zero attached hydrogens (tertiary/aromatic N) is 2. The predicted octanol–water partition coefficient (Wildman–Crippen LogP) is 4.84. The summed E-state index contributed by atoms with van der Waals surface area (Å²) in [4.78, 5) is 34.7. The van der Waals surface area contributed by atoms with Gasteiger partial charge in [0, 0.05) is 24.1 Å². The van der Waals surface area contributed by atoms with E-state index < -0.39 is 5.60 Å². The average molecular weight is 408 g/mol. The fraction of sp³-hybridized carbons (Fsp3) is 0.458. The Kier molecular flexibility index (Phi) is 5.26. The van der Waals surface area contributed by atoms with Gasteiger partial charge in [-0.3, -0.25) is 4.79 Å². The number of nitrogens with one attached hydrogen (secondary N) is 1. The summed E-state index contributed by atoms with van der Waals surface area (Å²) in [7, 11) is 0. The highest BCUT2D eigenvalue weighted by Crippen LogP contribution is 2.46. The molecule has 1 aromatic carbocycles. The molecular weight excluding hydrogens is 378 g/mol. The molecule has 6 heteroatoms. The third-order valence-electron chi connectivity index (χ3n) is 6.10. The minimum absolute atomic E-state index is 0.241. The van der Waals surface area contributed by atoms with Crippen molar-refractivity contribution in [2.24, 2.45) is 5.41 Å². The van der Waals surface area contributed by atoms with Crippen molar-refractivity contribution in [1.82, 2.24) is 14.9 Å². The molecule has 1 spiro atoms. The number of ketones is 1. The fourth-order valence-corrected chi connectivity index (χ4v) is 4.46. The van der Waals surface area contributed by atoms with E-state index in [0.29, 0.717) is 25.9 Å². The molecule has 0 radical (unpaired) electrons. The summed E-state index contributed by atoms with van der Waals surface area (Å²) in [6.07, 6.45) is 8.24. The lowest BCUT2D eigenvalue weighted by molar-refractivity contribution is -0.125. The maximum absolute atomic E-state index is 13.4. The molecule has 2 aromatic rings. The number of carbonyl (C=O) groups excluding carboxylic acids is 2. The van der Waals surface area contributed by atoms with E-state index in [1.165, 1.54) is 0 Å². The zero-order chi connectivity index (χ0) is 21.4. The van der Waals surface area contributed by atoms with Gasteiger partial charge < -0.3 is 14.6 Å². The first-order chi connectivity index (χ1) is 14.3.